The van der Waals surface area contributed by atoms with Crippen molar-refractivity contribution in [2.24, 2.45) is 0 Å². The van der Waals surface area contributed by atoms with Crippen molar-refractivity contribution >= 4 is 27.5 Å². The average molecular weight is 504 g/mol. The zero-order valence-corrected chi connectivity index (χ0v) is 22.3. The van der Waals surface area contributed by atoms with Gasteiger partial charge in [-0.1, -0.05) is 31.2 Å². The van der Waals surface area contributed by atoms with Crippen LogP contribution in [0.5, 0.6) is 5.75 Å². The number of nitrogens with zero attached hydrogens (tertiary/aromatic N) is 2. The summed E-state index contributed by atoms with van der Waals surface area (Å²) < 4.78 is 31.8. The lowest BCUT2D eigenvalue weighted by molar-refractivity contribution is -0.139. The highest BCUT2D eigenvalue weighted by Gasteiger charge is 2.30. The second-order valence-corrected chi connectivity index (χ2v) is 10.5. The topological polar surface area (TPSA) is 96.0 Å². The van der Waals surface area contributed by atoms with Crippen LogP contribution in [0.25, 0.3) is 0 Å². The van der Waals surface area contributed by atoms with Gasteiger partial charge in [-0.15, -0.1) is 0 Å². The van der Waals surface area contributed by atoms with E-state index in [1.54, 1.807) is 31.2 Å². The van der Waals surface area contributed by atoms with Gasteiger partial charge in [0.1, 0.15) is 18.3 Å². The fourth-order valence-electron chi connectivity index (χ4n) is 3.51. The van der Waals surface area contributed by atoms with E-state index in [4.69, 9.17) is 4.74 Å². The van der Waals surface area contributed by atoms with Gasteiger partial charge in [-0.2, -0.15) is 0 Å². The van der Waals surface area contributed by atoms with Crippen LogP contribution in [-0.2, 0) is 26.2 Å². The summed E-state index contributed by atoms with van der Waals surface area (Å²) in [6, 6.07) is 13.3. The van der Waals surface area contributed by atoms with Crippen LogP contribution in [0.15, 0.2) is 48.5 Å². The van der Waals surface area contributed by atoms with Crippen LogP contribution in [0.3, 0.4) is 0 Å². The van der Waals surface area contributed by atoms with Gasteiger partial charge in [0.05, 0.1) is 18.6 Å². The van der Waals surface area contributed by atoms with Crippen LogP contribution >= 0.6 is 0 Å². The number of aryl methyl sites for hydroxylation is 1. The van der Waals surface area contributed by atoms with Crippen LogP contribution in [0, 0.1) is 6.92 Å². The van der Waals surface area contributed by atoms with Crippen molar-refractivity contribution in [3.05, 3.63) is 59.7 Å². The first-order chi connectivity index (χ1) is 16.5. The van der Waals surface area contributed by atoms with Gasteiger partial charge in [-0.05, 0) is 69.5 Å². The summed E-state index contributed by atoms with van der Waals surface area (Å²) in [6.45, 7) is 9.55. The normalized spacial score (nSPS) is 13.0. The lowest BCUT2D eigenvalue weighted by Gasteiger charge is -2.32. The SMILES string of the molecule is CCOc1ccc(N(CC(=O)N(Cc2ccccc2C)[C@@H](C)C(=O)N[C@@H](C)CC)S(C)(=O)=O)cc1. The van der Waals surface area contributed by atoms with Crippen LogP contribution in [0.2, 0.25) is 0 Å². The summed E-state index contributed by atoms with van der Waals surface area (Å²) in [5.74, 6) is -0.153. The number of amides is 2. The standard InChI is InChI=1S/C26H37N3O5S/c1-7-20(4)27-26(31)21(5)28(17-22-12-10-9-11-19(22)3)25(30)18-29(35(6,32)33)23-13-15-24(16-14-23)34-8-2/h9-16,20-21H,7-8,17-18H2,1-6H3,(H,27,31)/t20-,21-/m0/s1. The quantitative estimate of drug-likeness (QED) is 0.478. The van der Waals surface area contributed by atoms with E-state index in [9.17, 15) is 18.0 Å². The summed E-state index contributed by atoms with van der Waals surface area (Å²) >= 11 is 0. The fraction of sp³-hybridized carbons (Fsp3) is 0.462. The predicted molar refractivity (Wildman–Crippen MR) is 139 cm³/mol. The summed E-state index contributed by atoms with van der Waals surface area (Å²) in [5.41, 5.74) is 2.21. The van der Waals surface area contributed by atoms with Gasteiger partial charge in [-0.3, -0.25) is 13.9 Å². The van der Waals surface area contributed by atoms with E-state index in [0.29, 0.717) is 18.0 Å². The molecule has 0 aliphatic rings. The van der Waals surface area contributed by atoms with Crippen LogP contribution in [0.4, 0.5) is 5.69 Å². The van der Waals surface area contributed by atoms with Gasteiger partial charge in [0.15, 0.2) is 0 Å². The molecule has 0 fully saturated rings. The molecular formula is C26H37N3O5S. The molecule has 35 heavy (non-hydrogen) atoms. The van der Waals surface area contributed by atoms with Crippen molar-refractivity contribution in [2.45, 2.75) is 59.7 Å². The van der Waals surface area contributed by atoms with Crippen molar-refractivity contribution in [2.75, 3.05) is 23.7 Å². The van der Waals surface area contributed by atoms with Crippen molar-refractivity contribution in [1.29, 1.82) is 0 Å². The van der Waals surface area contributed by atoms with Gasteiger partial charge >= 0.3 is 0 Å². The number of nitrogens with one attached hydrogen (secondary N) is 1. The van der Waals surface area contributed by atoms with Gasteiger partial charge < -0.3 is 15.0 Å². The van der Waals surface area contributed by atoms with E-state index < -0.39 is 28.5 Å². The van der Waals surface area contributed by atoms with Crippen molar-refractivity contribution in [3.63, 3.8) is 0 Å². The highest BCUT2D eigenvalue weighted by atomic mass is 32.2. The number of ether oxygens (including phenoxy) is 1. The largest absolute Gasteiger partial charge is 0.494 e. The molecule has 0 bridgehead atoms. The predicted octanol–water partition coefficient (Wildman–Crippen LogP) is 3.49. The molecule has 2 amide bonds. The van der Waals surface area contributed by atoms with E-state index >= 15 is 0 Å². The number of carbonyl (C=O) groups is 2. The Morgan fingerprint density at radius 2 is 1.66 bits per heavy atom. The maximum atomic E-state index is 13.6. The molecule has 0 spiro atoms. The molecular weight excluding hydrogens is 466 g/mol. The second kappa shape index (κ2) is 12.6. The molecule has 2 rings (SSSR count). The van der Waals surface area contributed by atoms with Crippen LogP contribution in [-0.4, -0.2) is 56.6 Å². The number of anilines is 1. The molecule has 9 heteroatoms. The highest BCUT2D eigenvalue weighted by molar-refractivity contribution is 7.92. The average Bonchev–Trinajstić information content (AvgIpc) is 2.81. The molecule has 0 aromatic heterocycles. The first-order valence-corrected chi connectivity index (χ1v) is 13.7. The molecule has 2 atom stereocenters. The third-order valence-electron chi connectivity index (χ3n) is 5.89. The first-order valence-electron chi connectivity index (χ1n) is 11.8. The summed E-state index contributed by atoms with van der Waals surface area (Å²) in [6.07, 6.45) is 1.81. The van der Waals surface area contributed by atoms with E-state index in [0.717, 1.165) is 28.1 Å². The zero-order valence-electron chi connectivity index (χ0n) is 21.4. The van der Waals surface area contributed by atoms with Gasteiger partial charge in [0.25, 0.3) is 0 Å². The molecule has 0 saturated heterocycles. The maximum Gasteiger partial charge on any atom is 0.244 e. The minimum Gasteiger partial charge on any atom is -0.494 e. The Hall–Kier alpha value is -3.07. The highest BCUT2D eigenvalue weighted by Crippen LogP contribution is 2.23. The number of rotatable bonds is 12. The molecule has 0 aliphatic heterocycles. The Morgan fingerprint density at radius 1 is 1.03 bits per heavy atom. The number of hydrogen-bond acceptors (Lipinski definition) is 5. The smallest absolute Gasteiger partial charge is 0.244 e. The summed E-state index contributed by atoms with van der Waals surface area (Å²) in [5, 5.41) is 2.92. The lowest BCUT2D eigenvalue weighted by Crippen LogP contribution is -2.52. The van der Waals surface area contributed by atoms with E-state index in [1.165, 1.54) is 4.90 Å². The van der Waals surface area contributed by atoms with E-state index in [1.807, 2.05) is 52.0 Å². The Kier molecular flexibility index (Phi) is 10.1. The van der Waals surface area contributed by atoms with Crippen molar-refractivity contribution in [3.8, 4) is 5.75 Å². The maximum absolute atomic E-state index is 13.6. The van der Waals surface area contributed by atoms with E-state index in [2.05, 4.69) is 5.32 Å². The lowest BCUT2D eigenvalue weighted by atomic mass is 10.1. The minimum absolute atomic E-state index is 0.0447. The molecule has 8 nitrogen and oxygen atoms in total. The summed E-state index contributed by atoms with van der Waals surface area (Å²) in [4.78, 5) is 27.9. The summed E-state index contributed by atoms with van der Waals surface area (Å²) in [7, 11) is -3.78. The fourth-order valence-corrected chi connectivity index (χ4v) is 4.36. The first kappa shape index (κ1) is 28.2. The molecule has 2 aromatic carbocycles. The Morgan fingerprint density at radius 3 is 2.20 bits per heavy atom. The monoisotopic (exact) mass is 503 g/mol. The number of benzene rings is 2. The van der Waals surface area contributed by atoms with Crippen molar-refractivity contribution in [1.82, 2.24) is 10.2 Å². The molecule has 0 heterocycles. The Labute approximate surface area is 209 Å². The molecule has 0 unspecified atom stereocenters. The minimum atomic E-state index is -3.78. The van der Waals surface area contributed by atoms with Gasteiger partial charge in [-0.25, -0.2) is 8.42 Å². The third kappa shape index (κ3) is 7.99. The Balaban J connectivity index is 2.38. The van der Waals surface area contributed by atoms with E-state index in [-0.39, 0.29) is 18.5 Å². The molecule has 0 saturated carbocycles. The van der Waals surface area contributed by atoms with Gasteiger partial charge in [0.2, 0.25) is 21.8 Å². The second-order valence-electron chi connectivity index (χ2n) is 8.64. The number of sulfonamides is 1. The van der Waals surface area contributed by atoms with Crippen LogP contribution < -0.4 is 14.4 Å². The zero-order chi connectivity index (χ0) is 26.2. The van der Waals surface area contributed by atoms with Crippen molar-refractivity contribution < 1.29 is 22.7 Å². The third-order valence-corrected chi connectivity index (χ3v) is 7.03. The number of hydrogen-bond donors (Lipinski definition) is 1. The molecule has 2 aromatic rings. The molecule has 0 aliphatic carbocycles. The molecule has 192 valence electrons. The van der Waals surface area contributed by atoms with Crippen LogP contribution in [0.1, 0.15) is 45.2 Å². The Bertz CT molecular complexity index is 1100. The number of carbonyl (C=O) groups excluding carboxylic acids is 2. The molecule has 1 N–H and O–H groups in total. The molecule has 0 radical (unpaired) electrons. The van der Waals surface area contributed by atoms with Gasteiger partial charge in [0, 0.05) is 12.6 Å².